The summed E-state index contributed by atoms with van der Waals surface area (Å²) < 4.78 is 16.8. The second kappa shape index (κ2) is 8.70. The average molecular weight is 475 g/mol. The van der Waals surface area contributed by atoms with Crippen LogP contribution < -0.4 is 0 Å². The number of aryl methyl sites for hydroxylation is 1. The predicted octanol–water partition coefficient (Wildman–Crippen LogP) is 5.40. The minimum atomic E-state index is -0.648. The van der Waals surface area contributed by atoms with Crippen LogP contribution in [0.5, 0.6) is 0 Å². The second-order valence-corrected chi connectivity index (χ2v) is 10.6. The van der Waals surface area contributed by atoms with Gasteiger partial charge in [-0.25, -0.2) is 9.78 Å². The molecule has 0 saturated heterocycles. The van der Waals surface area contributed by atoms with Gasteiger partial charge in [0.1, 0.15) is 11.5 Å². The SMILES string of the molecule is Cc1oc(-c2ccccc2)nc1C(=O)OCC(=O)N(Cc1ccco1)C12CC3CC(CC(C3)C1)C2. The highest BCUT2D eigenvalue weighted by atomic mass is 16.5. The number of carbonyl (C=O) groups excluding carboxylic acids is 2. The summed E-state index contributed by atoms with van der Waals surface area (Å²) in [7, 11) is 0. The van der Waals surface area contributed by atoms with E-state index in [2.05, 4.69) is 4.98 Å². The minimum Gasteiger partial charge on any atom is -0.467 e. The first-order valence-corrected chi connectivity index (χ1v) is 12.5. The fourth-order valence-electron chi connectivity index (χ4n) is 7.04. The van der Waals surface area contributed by atoms with Gasteiger partial charge in [-0.15, -0.1) is 0 Å². The Kier molecular flexibility index (Phi) is 5.50. The van der Waals surface area contributed by atoms with E-state index in [-0.39, 0.29) is 23.7 Å². The fourth-order valence-corrected chi connectivity index (χ4v) is 7.04. The van der Waals surface area contributed by atoms with Crippen LogP contribution in [0.4, 0.5) is 0 Å². The topological polar surface area (TPSA) is 85.8 Å². The third-order valence-electron chi connectivity index (χ3n) is 8.11. The molecular weight excluding hydrogens is 444 g/mol. The standard InChI is InChI=1S/C28H30N2O5/c1-18-25(29-26(35-18)22-6-3-2-4-7-22)27(32)34-17-24(31)30(16-23-8-5-9-33-23)28-13-19-10-20(14-28)12-21(11-19)15-28/h2-9,19-21H,10-17H2,1H3. The maximum Gasteiger partial charge on any atom is 0.361 e. The lowest BCUT2D eigenvalue weighted by Gasteiger charge is -2.60. The molecule has 1 amide bonds. The van der Waals surface area contributed by atoms with Crippen molar-refractivity contribution in [3.05, 3.63) is 65.9 Å². The van der Waals surface area contributed by atoms with Crippen molar-refractivity contribution < 1.29 is 23.2 Å². The van der Waals surface area contributed by atoms with Crippen LogP contribution >= 0.6 is 0 Å². The van der Waals surface area contributed by atoms with Crippen LogP contribution in [0.1, 0.15) is 60.5 Å². The van der Waals surface area contributed by atoms with Crippen LogP contribution in [0.2, 0.25) is 0 Å². The van der Waals surface area contributed by atoms with Crippen molar-refractivity contribution in [2.24, 2.45) is 17.8 Å². The summed E-state index contributed by atoms with van der Waals surface area (Å²) in [5.41, 5.74) is 0.705. The van der Waals surface area contributed by atoms with Crippen LogP contribution in [-0.4, -0.2) is 33.9 Å². The molecule has 0 spiro atoms. The van der Waals surface area contributed by atoms with Crippen LogP contribution in [-0.2, 0) is 16.1 Å². The molecule has 2 heterocycles. The molecule has 0 unspecified atom stereocenters. The summed E-state index contributed by atoms with van der Waals surface area (Å²) in [6.45, 7) is 1.75. The molecule has 7 nitrogen and oxygen atoms in total. The molecule has 0 N–H and O–H groups in total. The van der Waals surface area contributed by atoms with E-state index in [1.165, 1.54) is 19.3 Å². The van der Waals surface area contributed by atoms with Crippen molar-refractivity contribution >= 4 is 11.9 Å². The van der Waals surface area contributed by atoms with Gasteiger partial charge in [-0.1, -0.05) is 18.2 Å². The number of furan rings is 1. The number of benzene rings is 1. The summed E-state index contributed by atoms with van der Waals surface area (Å²) in [6, 6.07) is 13.1. The first kappa shape index (κ1) is 22.1. The summed E-state index contributed by atoms with van der Waals surface area (Å²) in [6.07, 6.45) is 8.58. The van der Waals surface area contributed by atoms with Gasteiger partial charge in [0.25, 0.3) is 5.91 Å². The number of aromatic nitrogens is 1. The molecule has 182 valence electrons. The number of carbonyl (C=O) groups is 2. The Morgan fingerprint density at radius 3 is 2.34 bits per heavy atom. The smallest absolute Gasteiger partial charge is 0.361 e. The summed E-state index contributed by atoms with van der Waals surface area (Å²) >= 11 is 0. The molecule has 4 fully saturated rings. The normalized spacial score (nSPS) is 26.6. The van der Waals surface area contributed by atoms with Crippen molar-refractivity contribution in [1.29, 1.82) is 0 Å². The van der Waals surface area contributed by atoms with E-state index in [1.54, 1.807) is 13.2 Å². The number of rotatable bonds is 7. The molecule has 3 aromatic rings. The average Bonchev–Trinajstić information content (AvgIpc) is 3.50. The number of amides is 1. The highest BCUT2D eigenvalue weighted by molar-refractivity contribution is 5.91. The van der Waals surface area contributed by atoms with E-state index in [0.717, 1.165) is 30.6 Å². The summed E-state index contributed by atoms with van der Waals surface area (Å²) in [4.78, 5) is 32.8. The van der Waals surface area contributed by atoms with Crippen LogP contribution in [0.25, 0.3) is 11.5 Å². The number of nitrogens with zero attached hydrogens (tertiary/aromatic N) is 2. The van der Waals surface area contributed by atoms with Crippen LogP contribution in [0.15, 0.2) is 57.6 Å². The van der Waals surface area contributed by atoms with Crippen molar-refractivity contribution in [2.45, 2.75) is 57.5 Å². The Morgan fingerprint density at radius 1 is 1.03 bits per heavy atom. The van der Waals surface area contributed by atoms with Crippen LogP contribution in [0, 0.1) is 24.7 Å². The third kappa shape index (κ3) is 4.17. The van der Waals surface area contributed by atoms with E-state index >= 15 is 0 Å². The van der Waals surface area contributed by atoms with E-state index in [1.807, 2.05) is 47.4 Å². The summed E-state index contributed by atoms with van der Waals surface area (Å²) in [5, 5.41) is 0. The monoisotopic (exact) mass is 474 g/mol. The van der Waals surface area contributed by atoms with Gasteiger partial charge in [-0.2, -0.15) is 0 Å². The lowest BCUT2D eigenvalue weighted by atomic mass is 9.52. The molecule has 0 radical (unpaired) electrons. The third-order valence-corrected chi connectivity index (χ3v) is 8.11. The lowest BCUT2D eigenvalue weighted by Crippen LogP contribution is -2.61. The van der Waals surface area contributed by atoms with Crippen molar-refractivity contribution in [2.75, 3.05) is 6.61 Å². The molecule has 35 heavy (non-hydrogen) atoms. The molecule has 7 heteroatoms. The van der Waals surface area contributed by atoms with E-state index < -0.39 is 5.97 Å². The molecule has 2 aromatic heterocycles. The zero-order valence-corrected chi connectivity index (χ0v) is 19.9. The molecule has 4 aliphatic carbocycles. The van der Waals surface area contributed by atoms with Crippen molar-refractivity contribution in [1.82, 2.24) is 9.88 Å². The summed E-state index contributed by atoms with van der Waals surface area (Å²) in [5.74, 6) is 2.70. The highest BCUT2D eigenvalue weighted by Crippen LogP contribution is 2.58. The molecule has 4 aliphatic rings. The molecule has 0 atom stereocenters. The lowest BCUT2D eigenvalue weighted by molar-refractivity contribution is -0.156. The zero-order chi connectivity index (χ0) is 24.0. The van der Waals surface area contributed by atoms with Crippen molar-refractivity contribution in [3.63, 3.8) is 0 Å². The molecule has 4 bridgehead atoms. The first-order chi connectivity index (χ1) is 17.0. The number of hydrogen-bond donors (Lipinski definition) is 0. The van der Waals surface area contributed by atoms with Crippen molar-refractivity contribution in [3.8, 4) is 11.5 Å². The Bertz CT molecular complexity index is 1180. The Labute approximate surface area is 204 Å². The van der Waals surface area contributed by atoms with Gasteiger partial charge >= 0.3 is 5.97 Å². The van der Waals surface area contributed by atoms with Gasteiger partial charge in [0.15, 0.2) is 12.3 Å². The highest BCUT2D eigenvalue weighted by Gasteiger charge is 2.54. The quantitative estimate of drug-likeness (QED) is 0.427. The Hall–Kier alpha value is -3.35. The van der Waals surface area contributed by atoms with Crippen LogP contribution in [0.3, 0.4) is 0 Å². The molecule has 4 saturated carbocycles. The van der Waals surface area contributed by atoms with E-state index in [4.69, 9.17) is 13.6 Å². The predicted molar refractivity (Wildman–Crippen MR) is 127 cm³/mol. The molecule has 1 aromatic carbocycles. The molecule has 0 aliphatic heterocycles. The van der Waals surface area contributed by atoms with Gasteiger partial charge in [-0.3, -0.25) is 4.79 Å². The minimum absolute atomic E-state index is 0.101. The number of esters is 1. The van der Waals surface area contributed by atoms with Gasteiger partial charge in [0, 0.05) is 11.1 Å². The van der Waals surface area contributed by atoms with Gasteiger partial charge in [0.2, 0.25) is 5.89 Å². The largest absolute Gasteiger partial charge is 0.467 e. The van der Waals surface area contributed by atoms with Gasteiger partial charge < -0.3 is 18.5 Å². The molecule has 7 rings (SSSR count). The number of oxazole rings is 1. The zero-order valence-electron chi connectivity index (χ0n) is 19.9. The molecular formula is C28H30N2O5. The number of hydrogen-bond acceptors (Lipinski definition) is 6. The second-order valence-electron chi connectivity index (χ2n) is 10.6. The Balaban J connectivity index is 1.19. The number of ether oxygens (including phenoxy) is 1. The van der Waals surface area contributed by atoms with Gasteiger partial charge in [-0.05, 0) is 87.5 Å². The van der Waals surface area contributed by atoms with Gasteiger partial charge in [0.05, 0.1) is 12.8 Å². The fraction of sp³-hybridized carbons (Fsp3) is 0.464. The first-order valence-electron chi connectivity index (χ1n) is 12.5. The van der Waals surface area contributed by atoms with E-state index in [9.17, 15) is 9.59 Å². The maximum atomic E-state index is 13.6. The van der Waals surface area contributed by atoms with E-state index in [0.29, 0.717) is 35.9 Å². The Morgan fingerprint density at radius 2 is 1.71 bits per heavy atom. The maximum absolute atomic E-state index is 13.6.